The van der Waals surface area contributed by atoms with E-state index in [1.165, 1.54) is 0 Å². The summed E-state index contributed by atoms with van der Waals surface area (Å²) in [6.45, 7) is 7.21. The summed E-state index contributed by atoms with van der Waals surface area (Å²) in [4.78, 5) is 22.5. The number of hydrogen-bond donors (Lipinski definition) is 1. The monoisotopic (exact) mass is 487 g/mol. The van der Waals surface area contributed by atoms with Crippen molar-refractivity contribution in [2.75, 3.05) is 31.2 Å². The van der Waals surface area contributed by atoms with E-state index >= 15 is 0 Å². The summed E-state index contributed by atoms with van der Waals surface area (Å²) >= 11 is 0. The van der Waals surface area contributed by atoms with E-state index in [0.717, 1.165) is 64.0 Å². The van der Waals surface area contributed by atoms with Crippen molar-refractivity contribution in [2.45, 2.75) is 26.7 Å². The number of aromatic nitrogens is 2. The molecule has 0 saturated carbocycles. The Hall–Kier alpha value is -3.91. The van der Waals surface area contributed by atoms with Gasteiger partial charge >= 0.3 is 6.16 Å². The summed E-state index contributed by atoms with van der Waals surface area (Å²) in [6.07, 6.45) is 3.11. The van der Waals surface area contributed by atoms with Crippen LogP contribution in [0.1, 0.15) is 30.5 Å². The fraction of sp³-hybridized carbons (Fsp3) is 0.321. The molecule has 0 unspecified atom stereocenters. The molecule has 2 aromatic carbocycles. The Kier molecular flexibility index (Phi) is 6.86. The molecule has 0 amide bonds. The number of carboxylic acid groups (broad SMARTS) is 1. The second kappa shape index (κ2) is 10.4. The number of carbonyl (C=O) groups is 1. The molecule has 1 aliphatic heterocycles. The van der Waals surface area contributed by atoms with Crippen LogP contribution in [-0.4, -0.2) is 47.5 Å². The van der Waals surface area contributed by atoms with Crippen molar-refractivity contribution in [1.29, 1.82) is 0 Å². The van der Waals surface area contributed by atoms with Crippen LogP contribution in [0.5, 0.6) is 5.95 Å². The van der Waals surface area contributed by atoms with E-state index in [1.54, 1.807) is 12.6 Å². The third-order valence-corrected chi connectivity index (χ3v) is 6.32. The first-order valence-electron chi connectivity index (χ1n) is 12.1. The Balaban J connectivity index is 1.48. The molecule has 36 heavy (non-hydrogen) atoms. The minimum absolute atomic E-state index is 0.0431. The smallest absolute Gasteiger partial charge is 0.449 e. The quantitative estimate of drug-likeness (QED) is 0.338. The molecular weight excluding hydrogens is 458 g/mol. The summed E-state index contributed by atoms with van der Waals surface area (Å²) < 4.78 is 15.9. The fourth-order valence-corrected chi connectivity index (χ4v) is 4.67. The second-order valence-corrected chi connectivity index (χ2v) is 9.40. The molecule has 186 valence electrons. The lowest BCUT2D eigenvalue weighted by molar-refractivity contribution is 0.122. The maximum Gasteiger partial charge on any atom is 0.513 e. The van der Waals surface area contributed by atoms with Crippen molar-refractivity contribution >= 4 is 22.9 Å². The zero-order chi connectivity index (χ0) is 25.1. The van der Waals surface area contributed by atoms with Crippen LogP contribution in [0.2, 0.25) is 0 Å². The minimum atomic E-state index is -1.38. The van der Waals surface area contributed by atoms with Crippen molar-refractivity contribution < 1.29 is 23.8 Å². The molecule has 0 bridgehead atoms. The van der Waals surface area contributed by atoms with Crippen LogP contribution < -0.4 is 9.64 Å². The Morgan fingerprint density at radius 2 is 1.92 bits per heavy atom. The van der Waals surface area contributed by atoms with E-state index < -0.39 is 6.16 Å². The molecule has 1 aliphatic rings. The maximum atomic E-state index is 11.2. The first kappa shape index (κ1) is 23.8. The molecule has 0 radical (unpaired) electrons. The zero-order valence-corrected chi connectivity index (χ0v) is 20.4. The van der Waals surface area contributed by atoms with Crippen molar-refractivity contribution in [1.82, 2.24) is 9.97 Å². The normalized spacial score (nSPS) is 13.9. The second-order valence-electron chi connectivity index (χ2n) is 9.40. The van der Waals surface area contributed by atoms with Crippen LogP contribution >= 0.6 is 0 Å². The lowest BCUT2D eigenvalue weighted by Gasteiger charge is -2.28. The highest BCUT2D eigenvalue weighted by molar-refractivity contribution is 5.93. The molecule has 2 aromatic heterocycles. The van der Waals surface area contributed by atoms with E-state index in [2.05, 4.69) is 53.0 Å². The van der Waals surface area contributed by atoms with Gasteiger partial charge in [0.2, 0.25) is 0 Å². The third-order valence-electron chi connectivity index (χ3n) is 6.32. The molecule has 0 atom stereocenters. The summed E-state index contributed by atoms with van der Waals surface area (Å²) in [5.74, 6) is 1.36. The topological polar surface area (TPSA) is 97.9 Å². The number of benzene rings is 2. The number of hydrogen-bond acceptors (Lipinski definition) is 7. The average Bonchev–Trinajstić information content (AvgIpc) is 3.23. The number of ether oxygens (including phenoxy) is 2. The van der Waals surface area contributed by atoms with E-state index in [4.69, 9.17) is 19.0 Å². The number of fused-ring (bicyclic) bond motifs is 1. The van der Waals surface area contributed by atoms with Crippen molar-refractivity contribution in [3.8, 4) is 17.1 Å². The molecule has 1 fully saturated rings. The first-order valence-corrected chi connectivity index (χ1v) is 12.1. The van der Waals surface area contributed by atoms with E-state index in [1.807, 2.05) is 18.2 Å². The lowest BCUT2D eigenvalue weighted by atomic mass is 9.95. The summed E-state index contributed by atoms with van der Waals surface area (Å²) in [6, 6.07) is 14.5. The van der Waals surface area contributed by atoms with Gasteiger partial charge in [0, 0.05) is 30.5 Å². The molecule has 4 aromatic rings. The standard InChI is InChI=1S/C28H29N3O5/c1-18(2)12-22-16-35-27(36-28(32)33)23(22)14-19-4-3-5-20(13-19)21-6-7-25-24(15-21)26(30-17-29-25)31-8-10-34-11-9-31/h3-7,13,15-18H,8-12,14H2,1-2H3,(H,32,33). The third kappa shape index (κ3) is 5.18. The summed E-state index contributed by atoms with van der Waals surface area (Å²) in [5.41, 5.74) is 5.78. The molecule has 1 N–H and O–H groups in total. The molecule has 0 spiro atoms. The van der Waals surface area contributed by atoms with Gasteiger partial charge in [0.05, 0.1) is 25.0 Å². The number of nitrogens with zero attached hydrogens (tertiary/aromatic N) is 3. The highest BCUT2D eigenvalue weighted by Gasteiger charge is 2.20. The lowest BCUT2D eigenvalue weighted by Crippen LogP contribution is -2.36. The van der Waals surface area contributed by atoms with E-state index in [0.29, 0.717) is 25.6 Å². The Morgan fingerprint density at radius 3 is 2.69 bits per heavy atom. The van der Waals surface area contributed by atoms with Gasteiger partial charge in [-0.05, 0) is 46.7 Å². The number of furan rings is 1. The van der Waals surface area contributed by atoms with Gasteiger partial charge in [0.15, 0.2) is 0 Å². The SMILES string of the molecule is CC(C)Cc1coc(OC(=O)O)c1Cc1cccc(-c2ccc3ncnc(N4CCOCC4)c3c2)c1. The van der Waals surface area contributed by atoms with E-state index in [9.17, 15) is 4.79 Å². The first-order chi connectivity index (χ1) is 17.5. The van der Waals surface area contributed by atoms with Gasteiger partial charge in [0.25, 0.3) is 5.95 Å². The average molecular weight is 488 g/mol. The van der Waals surface area contributed by atoms with Crippen LogP contribution in [0, 0.1) is 5.92 Å². The van der Waals surface area contributed by atoms with Gasteiger partial charge in [0.1, 0.15) is 12.1 Å². The van der Waals surface area contributed by atoms with Crippen LogP contribution in [0.4, 0.5) is 10.6 Å². The molecule has 3 heterocycles. The number of rotatable bonds is 7. The van der Waals surface area contributed by atoms with Gasteiger partial charge in [-0.15, -0.1) is 0 Å². The van der Waals surface area contributed by atoms with E-state index in [-0.39, 0.29) is 5.95 Å². The predicted octanol–water partition coefficient (Wildman–Crippen LogP) is 5.57. The Bertz CT molecular complexity index is 1370. The maximum absolute atomic E-state index is 11.2. The highest BCUT2D eigenvalue weighted by atomic mass is 16.7. The Morgan fingerprint density at radius 1 is 1.11 bits per heavy atom. The summed E-state index contributed by atoms with van der Waals surface area (Å²) in [7, 11) is 0. The van der Waals surface area contributed by atoms with Crippen molar-refractivity contribution in [2.24, 2.45) is 5.92 Å². The van der Waals surface area contributed by atoms with Gasteiger partial charge in [-0.25, -0.2) is 14.8 Å². The zero-order valence-electron chi connectivity index (χ0n) is 20.4. The summed E-state index contributed by atoms with van der Waals surface area (Å²) in [5, 5.41) is 10.1. The van der Waals surface area contributed by atoms with Gasteiger partial charge < -0.3 is 23.9 Å². The van der Waals surface area contributed by atoms with Crippen LogP contribution in [0.25, 0.3) is 22.0 Å². The molecule has 0 aliphatic carbocycles. The molecule has 5 rings (SSSR count). The largest absolute Gasteiger partial charge is 0.513 e. The van der Waals surface area contributed by atoms with Crippen LogP contribution in [-0.2, 0) is 17.6 Å². The number of anilines is 1. The molecule has 8 nitrogen and oxygen atoms in total. The molecule has 8 heteroatoms. The number of morpholine rings is 1. The minimum Gasteiger partial charge on any atom is -0.449 e. The van der Waals surface area contributed by atoms with Gasteiger partial charge in [-0.1, -0.05) is 44.2 Å². The van der Waals surface area contributed by atoms with Crippen molar-refractivity contribution in [3.63, 3.8) is 0 Å². The predicted molar refractivity (Wildman–Crippen MR) is 137 cm³/mol. The Labute approximate surface area is 209 Å². The van der Waals surface area contributed by atoms with Gasteiger partial charge in [-0.3, -0.25) is 0 Å². The molecule has 1 saturated heterocycles. The van der Waals surface area contributed by atoms with Gasteiger partial charge in [-0.2, -0.15) is 0 Å². The fourth-order valence-electron chi connectivity index (χ4n) is 4.67. The highest BCUT2D eigenvalue weighted by Crippen LogP contribution is 2.33. The molecular formula is C28H29N3O5. The van der Waals surface area contributed by atoms with Crippen LogP contribution in [0.15, 0.2) is 59.5 Å². The van der Waals surface area contributed by atoms with Crippen LogP contribution in [0.3, 0.4) is 0 Å². The van der Waals surface area contributed by atoms with Crippen molar-refractivity contribution in [3.05, 3.63) is 71.7 Å².